The lowest BCUT2D eigenvalue weighted by molar-refractivity contribution is -0.340. The summed E-state index contributed by atoms with van der Waals surface area (Å²) < 4.78 is 24.0. The Morgan fingerprint density at radius 3 is 2.04 bits per heavy atom. The van der Waals surface area contributed by atoms with E-state index in [-0.39, 0.29) is 6.61 Å². The smallest absolute Gasteiger partial charge is 0.195 e. The fraction of sp³-hybridized carbons (Fsp3) is 0.455. The molecule has 0 spiro atoms. The molecule has 2 bridgehead atoms. The highest BCUT2D eigenvalue weighted by Crippen LogP contribution is 2.43. The highest BCUT2D eigenvalue weighted by molar-refractivity contribution is 5.15. The van der Waals surface area contributed by atoms with Gasteiger partial charge in [-0.2, -0.15) is 0 Å². The molecule has 2 saturated heterocycles. The average molecular weight is 386 g/mol. The van der Waals surface area contributed by atoms with Crippen LogP contribution in [0.2, 0.25) is 0 Å². The summed E-state index contributed by atoms with van der Waals surface area (Å²) in [6.07, 6.45) is -3.45. The predicted octanol–water partition coefficient (Wildman–Crippen LogP) is 2.02. The molecular weight excluding hydrogens is 360 g/mol. The van der Waals surface area contributed by atoms with Crippen molar-refractivity contribution in [2.75, 3.05) is 6.61 Å². The topological polar surface area (TPSA) is 77.4 Å². The molecule has 2 heterocycles. The first-order valence-electron chi connectivity index (χ1n) is 9.56. The average Bonchev–Trinajstić information content (AvgIpc) is 2.93. The van der Waals surface area contributed by atoms with Gasteiger partial charge in [-0.3, -0.25) is 0 Å². The largest absolute Gasteiger partial charge is 0.394 e. The second kappa shape index (κ2) is 8.29. The van der Waals surface area contributed by atoms with Gasteiger partial charge in [0, 0.05) is 0 Å². The third kappa shape index (κ3) is 3.85. The molecule has 28 heavy (non-hydrogen) atoms. The van der Waals surface area contributed by atoms with E-state index in [2.05, 4.69) is 0 Å². The summed E-state index contributed by atoms with van der Waals surface area (Å²) in [5.74, 6) is -1.14. The van der Waals surface area contributed by atoms with Crippen LogP contribution in [-0.2, 0) is 32.2 Å². The number of benzene rings is 2. The lowest BCUT2D eigenvalue weighted by Crippen LogP contribution is -2.54. The molecule has 2 N–H and O–H groups in total. The molecule has 2 aliphatic heterocycles. The minimum absolute atomic E-state index is 0.229. The fourth-order valence-electron chi connectivity index (χ4n) is 3.95. The van der Waals surface area contributed by atoms with Crippen molar-refractivity contribution >= 4 is 0 Å². The maximum atomic E-state index is 10.9. The van der Waals surface area contributed by atoms with E-state index in [1.807, 2.05) is 60.7 Å². The van der Waals surface area contributed by atoms with Gasteiger partial charge in [0.15, 0.2) is 5.79 Å². The van der Waals surface area contributed by atoms with Crippen LogP contribution in [0.4, 0.5) is 0 Å². The van der Waals surface area contributed by atoms with E-state index in [4.69, 9.17) is 18.9 Å². The molecule has 6 atom stereocenters. The van der Waals surface area contributed by atoms with Crippen molar-refractivity contribution in [2.24, 2.45) is 0 Å². The first kappa shape index (κ1) is 19.5. The van der Waals surface area contributed by atoms with Crippen molar-refractivity contribution in [1.82, 2.24) is 0 Å². The van der Waals surface area contributed by atoms with E-state index in [9.17, 15) is 10.2 Å². The third-order valence-corrected chi connectivity index (χ3v) is 5.35. The monoisotopic (exact) mass is 386 g/mol. The zero-order chi connectivity index (χ0) is 19.6. The summed E-state index contributed by atoms with van der Waals surface area (Å²) in [4.78, 5) is 0. The van der Waals surface area contributed by atoms with Gasteiger partial charge in [-0.25, -0.2) is 0 Å². The van der Waals surface area contributed by atoms with Gasteiger partial charge in [-0.05, 0) is 18.1 Å². The van der Waals surface area contributed by atoms with E-state index in [0.29, 0.717) is 13.2 Å². The molecule has 0 radical (unpaired) electrons. The molecule has 2 aromatic carbocycles. The number of aliphatic hydroxyl groups excluding tert-OH is 2. The van der Waals surface area contributed by atoms with Crippen LogP contribution in [0, 0.1) is 0 Å². The lowest BCUT2D eigenvalue weighted by Gasteiger charge is -2.41. The first-order valence-corrected chi connectivity index (χ1v) is 9.56. The van der Waals surface area contributed by atoms with E-state index in [1.54, 1.807) is 6.92 Å². The SMILES string of the molecule is C[C@]12O[C@@H]([C@H](O)[C@@H]1OCc1ccccc1)[C@H](OCc1ccccc1)[C@@H](CO)O2. The van der Waals surface area contributed by atoms with Gasteiger partial charge in [-0.1, -0.05) is 60.7 Å². The van der Waals surface area contributed by atoms with Crippen molar-refractivity contribution in [3.05, 3.63) is 71.8 Å². The summed E-state index contributed by atoms with van der Waals surface area (Å²) in [5.41, 5.74) is 1.99. The molecule has 150 valence electrons. The summed E-state index contributed by atoms with van der Waals surface area (Å²) in [5, 5.41) is 20.7. The van der Waals surface area contributed by atoms with Crippen molar-refractivity contribution in [3.8, 4) is 0 Å². The van der Waals surface area contributed by atoms with E-state index < -0.39 is 36.3 Å². The molecule has 6 heteroatoms. The molecule has 4 rings (SSSR count). The lowest BCUT2D eigenvalue weighted by atomic mass is 10.0. The Bertz CT molecular complexity index is 754. The fourth-order valence-corrected chi connectivity index (χ4v) is 3.95. The Kier molecular flexibility index (Phi) is 5.78. The standard InChI is InChI=1S/C22H26O6/c1-22-21(26-14-16-10-6-3-7-11-16)18(24)20(28-22)19(17(12-23)27-22)25-13-15-8-4-2-5-9-15/h2-11,17-21,23-24H,12-14H2,1H3/t17-,18+,19-,20+,21+,22+/m1/s1. The number of hydrogen-bond acceptors (Lipinski definition) is 6. The Hall–Kier alpha value is -1.80. The van der Waals surface area contributed by atoms with Gasteiger partial charge in [0.2, 0.25) is 0 Å². The van der Waals surface area contributed by atoms with Crippen LogP contribution >= 0.6 is 0 Å². The van der Waals surface area contributed by atoms with Crippen molar-refractivity contribution in [1.29, 1.82) is 0 Å². The first-order chi connectivity index (χ1) is 13.6. The zero-order valence-corrected chi connectivity index (χ0v) is 15.8. The number of hydrogen-bond donors (Lipinski definition) is 2. The van der Waals surface area contributed by atoms with E-state index >= 15 is 0 Å². The Labute approximate surface area is 164 Å². The minimum Gasteiger partial charge on any atom is -0.394 e. The molecule has 0 aliphatic carbocycles. The van der Waals surface area contributed by atoms with Crippen LogP contribution in [0.25, 0.3) is 0 Å². The molecule has 0 saturated carbocycles. The molecule has 0 unspecified atom stereocenters. The molecule has 2 fully saturated rings. The molecule has 6 nitrogen and oxygen atoms in total. The Balaban J connectivity index is 1.46. The van der Waals surface area contributed by atoms with Gasteiger partial charge in [0.25, 0.3) is 0 Å². The molecule has 2 aromatic rings. The predicted molar refractivity (Wildman–Crippen MR) is 101 cm³/mol. The maximum Gasteiger partial charge on any atom is 0.195 e. The zero-order valence-electron chi connectivity index (χ0n) is 15.8. The van der Waals surface area contributed by atoms with Crippen LogP contribution in [0.3, 0.4) is 0 Å². The Morgan fingerprint density at radius 1 is 0.893 bits per heavy atom. The summed E-state index contributed by atoms with van der Waals surface area (Å²) in [6, 6.07) is 19.5. The number of ether oxygens (including phenoxy) is 4. The van der Waals surface area contributed by atoms with Gasteiger partial charge >= 0.3 is 0 Å². The van der Waals surface area contributed by atoms with Gasteiger partial charge in [0.05, 0.1) is 19.8 Å². The van der Waals surface area contributed by atoms with Gasteiger partial charge in [0.1, 0.15) is 30.5 Å². The molecule has 0 amide bonds. The second-order valence-electron chi connectivity index (χ2n) is 7.41. The van der Waals surface area contributed by atoms with Gasteiger partial charge < -0.3 is 29.2 Å². The van der Waals surface area contributed by atoms with Crippen molar-refractivity contribution < 1.29 is 29.2 Å². The maximum absolute atomic E-state index is 10.9. The minimum atomic E-state index is -1.14. The highest BCUT2D eigenvalue weighted by Gasteiger charge is 2.62. The van der Waals surface area contributed by atoms with Crippen molar-refractivity contribution in [2.45, 2.75) is 56.4 Å². The number of fused-ring (bicyclic) bond motifs is 2. The Morgan fingerprint density at radius 2 is 1.46 bits per heavy atom. The highest BCUT2D eigenvalue weighted by atomic mass is 16.8. The molecule has 2 aliphatic rings. The third-order valence-electron chi connectivity index (χ3n) is 5.35. The normalized spacial score (nSPS) is 34.5. The van der Waals surface area contributed by atoms with E-state index in [0.717, 1.165) is 11.1 Å². The van der Waals surface area contributed by atoms with Crippen LogP contribution in [0.1, 0.15) is 18.1 Å². The molecular formula is C22H26O6. The van der Waals surface area contributed by atoms with Crippen LogP contribution in [-0.4, -0.2) is 53.1 Å². The summed E-state index contributed by atoms with van der Waals surface area (Å²) in [6.45, 7) is 2.18. The molecule has 0 aromatic heterocycles. The second-order valence-corrected chi connectivity index (χ2v) is 7.41. The van der Waals surface area contributed by atoms with Crippen molar-refractivity contribution in [3.63, 3.8) is 0 Å². The van der Waals surface area contributed by atoms with E-state index in [1.165, 1.54) is 0 Å². The quantitative estimate of drug-likeness (QED) is 0.758. The van der Waals surface area contributed by atoms with Gasteiger partial charge in [-0.15, -0.1) is 0 Å². The summed E-state index contributed by atoms with van der Waals surface area (Å²) >= 11 is 0. The number of rotatable bonds is 7. The number of aliphatic hydroxyl groups is 2. The van der Waals surface area contributed by atoms with Crippen LogP contribution in [0.15, 0.2) is 60.7 Å². The van der Waals surface area contributed by atoms with Crippen LogP contribution in [0.5, 0.6) is 0 Å². The summed E-state index contributed by atoms with van der Waals surface area (Å²) in [7, 11) is 0. The van der Waals surface area contributed by atoms with Crippen LogP contribution < -0.4 is 0 Å².